The van der Waals surface area contributed by atoms with Crippen LogP contribution in [0, 0.1) is 5.82 Å². The maximum absolute atomic E-state index is 14.0. The number of halogens is 1. The molecule has 90 valence electrons. The van der Waals surface area contributed by atoms with Crippen LogP contribution in [0.25, 0.3) is 5.69 Å². The predicted octanol–water partition coefficient (Wildman–Crippen LogP) is 2.59. The fourth-order valence-corrected chi connectivity index (χ4v) is 1.95. The molecule has 0 spiro atoms. The van der Waals surface area contributed by atoms with Crippen LogP contribution in [0.3, 0.4) is 0 Å². The second-order valence-electron chi connectivity index (χ2n) is 4.03. The standard InChI is InChI=1S/C13H16FN3/c1-3-12-16-7-8-17(12)13-10(9(2)15)5-4-6-11(13)14/h4-9H,3,15H2,1-2H3/t9-/m1/s1. The molecule has 0 saturated heterocycles. The van der Waals surface area contributed by atoms with Crippen LogP contribution in [-0.2, 0) is 6.42 Å². The molecule has 0 aliphatic heterocycles. The van der Waals surface area contributed by atoms with Gasteiger partial charge in [-0.05, 0) is 18.6 Å². The van der Waals surface area contributed by atoms with Crippen LogP contribution in [0.5, 0.6) is 0 Å². The molecule has 0 radical (unpaired) electrons. The van der Waals surface area contributed by atoms with Crippen LogP contribution < -0.4 is 5.73 Å². The lowest BCUT2D eigenvalue weighted by Crippen LogP contribution is -2.12. The van der Waals surface area contributed by atoms with Crippen molar-refractivity contribution in [3.8, 4) is 5.69 Å². The number of para-hydroxylation sites is 1. The Kier molecular flexibility index (Phi) is 3.24. The van der Waals surface area contributed by atoms with E-state index in [2.05, 4.69) is 4.98 Å². The van der Waals surface area contributed by atoms with Gasteiger partial charge in [-0.1, -0.05) is 19.1 Å². The lowest BCUT2D eigenvalue weighted by molar-refractivity contribution is 0.608. The third-order valence-corrected chi connectivity index (χ3v) is 2.78. The number of aryl methyl sites for hydroxylation is 1. The van der Waals surface area contributed by atoms with Crippen molar-refractivity contribution in [3.63, 3.8) is 0 Å². The van der Waals surface area contributed by atoms with E-state index in [4.69, 9.17) is 5.73 Å². The SMILES string of the molecule is CCc1nccn1-c1c(F)cccc1[C@@H](C)N. The summed E-state index contributed by atoms with van der Waals surface area (Å²) < 4.78 is 15.8. The zero-order valence-corrected chi connectivity index (χ0v) is 10.0. The summed E-state index contributed by atoms with van der Waals surface area (Å²) in [6.07, 6.45) is 4.19. The average Bonchev–Trinajstić information content (AvgIpc) is 2.76. The van der Waals surface area contributed by atoms with Crippen molar-refractivity contribution in [2.75, 3.05) is 0 Å². The predicted molar refractivity (Wildman–Crippen MR) is 65.5 cm³/mol. The highest BCUT2D eigenvalue weighted by molar-refractivity contribution is 5.45. The molecule has 17 heavy (non-hydrogen) atoms. The zero-order chi connectivity index (χ0) is 12.4. The van der Waals surface area contributed by atoms with Gasteiger partial charge >= 0.3 is 0 Å². The summed E-state index contributed by atoms with van der Waals surface area (Å²) in [5.74, 6) is 0.560. The summed E-state index contributed by atoms with van der Waals surface area (Å²) in [6, 6.07) is 4.76. The molecule has 2 rings (SSSR count). The van der Waals surface area contributed by atoms with Crippen LogP contribution in [0.15, 0.2) is 30.6 Å². The van der Waals surface area contributed by atoms with E-state index in [9.17, 15) is 4.39 Å². The monoisotopic (exact) mass is 233 g/mol. The van der Waals surface area contributed by atoms with Crippen LogP contribution in [0.1, 0.15) is 31.3 Å². The number of hydrogen-bond acceptors (Lipinski definition) is 2. The summed E-state index contributed by atoms with van der Waals surface area (Å²) >= 11 is 0. The van der Waals surface area contributed by atoms with E-state index in [0.717, 1.165) is 17.8 Å². The molecular formula is C13H16FN3. The van der Waals surface area contributed by atoms with Gasteiger partial charge in [-0.2, -0.15) is 0 Å². The minimum absolute atomic E-state index is 0.215. The first-order valence-corrected chi connectivity index (χ1v) is 5.71. The summed E-state index contributed by atoms with van der Waals surface area (Å²) in [5.41, 5.74) is 7.18. The Hall–Kier alpha value is -1.68. The molecule has 0 fully saturated rings. The highest BCUT2D eigenvalue weighted by atomic mass is 19.1. The summed E-state index contributed by atoms with van der Waals surface area (Å²) in [4.78, 5) is 4.21. The highest BCUT2D eigenvalue weighted by Crippen LogP contribution is 2.24. The topological polar surface area (TPSA) is 43.8 Å². The Morgan fingerprint density at radius 3 is 2.88 bits per heavy atom. The average molecular weight is 233 g/mol. The largest absolute Gasteiger partial charge is 0.324 e. The first-order chi connectivity index (χ1) is 8.15. The van der Waals surface area contributed by atoms with Crippen molar-refractivity contribution in [1.29, 1.82) is 0 Å². The van der Waals surface area contributed by atoms with Crippen molar-refractivity contribution in [2.45, 2.75) is 26.3 Å². The Labute approximate surface area is 100 Å². The van der Waals surface area contributed by atoms with E-state index in [-0.39, 0.29) is 11.9 Å². The number of imidazole rings is 1. The van der Waals surface area contributed by atoms with Crippen molar-refractivity contribution in [3.05, 3.63) is 47.8 Å². The van der Waals surface area contributed by atoms with Crippen molar-refractivity contribution in [1.82, 2.24) is 9.55 Å². The lowest BCUT2D eigenvalue weighted by atomic mass is 10.1. The Balaban J connectivity index is 2.65. The molecule has 0 aliphatic carbocycles. The maximum atomic E-state index is 14.0. The van der Waals surface area contributed by atoms with Crippen LogP contribution in [0.4, 0.5) is 4.39 Å². The molecular weight excluding hydrogens is 217 g/mol. The van der Waals surface area contributed by atoms with Crippen LogP contribution in [0.2, 0.25) is 0 Å². The van der Waals surface area contributed by atoms with Gasteiger partial charge in [0.05, 0.1) is 5.69 Å². The Bertz CT molecular complexity index is 517. The minimum atomic E-state index is -0.271. The smallest absolute Gasteiger partial charge is 0.147 e. The summed E-state index contributed by atoms with van der Waals surface area (Å²) in [7, 11) is 0. The van der Waals surface area contributed by atoms with E-state index in [0.29, 0.717) is 5.69 Å². The fraction of sp³-hybridized carbons (Fsp3) is 0.308. The van der Waals surface area contributed by atoms with Gasteiger partial charge < -0.3 is 10.3 Å². The van der Waals surface area contributed by atoms with E-state index in [1.54, 1.807) is 23.0 Å². The molecule has 1 aromatic carbocycles. The molecule has 2 N–H and O–H groups in total. The normalized spacial score (nSPS) is 12.7. The number of hydrogen-bond donors (Lipinski definition) is 1. The molecule has 0 bridgehead atoms. The number of rotatable bonds is 3. The van der Waals surface area contributed by atoms with Gasteiger partial charge in [-0.25, -0.2) is 9.37 Å². The van der Waals surface area contributed by atoms with Crippen molar-refractivity contribution in [2.24, 2.45) is 5.73 Å². The van der Waals surface area contributed by atoms with Gasteiger partial charge in [-0.3, -0.25) is 0 Å². The molecule has 1 heterocycles. The van der Waals surface area contributed by atoms with Gasteiger partial charge in [0, 0.05) is 24.9 Å². The van der Waals surface area contributed by atoms with Crippen molar-refractivity contribution >= 4 is 0 Å². The molecule has 0 saturated carbocycles. The molecule has 0 amide bonds. The Morgan fingerprint density at radius 2 is 2.24 bits per heavy atom. The van der Waals surface area contributed by atoms with Crippen molar-refractivity contribution < 1.29 is 4.39 Å². The van der Waals surface area contributed by atoms with Crippen LogP contribution >= 0.6 is 0 Å². The second kappa shape index (κ2) is 4.67. The third kappa shape index (κ3) is 2.08. The second-order valence-corrected chi connectivity index (χ2v) is 4.03. The number of nitrogens with two attached hydrogens (primary N) is 1. The van der Waals surface area contributed by atoms with Crippen LogP contribution in [-0.4, -0.2) is 9.55 Å². The zero-order valence-electron chi connectivity index (χ0n) is 10.0. The molecule has 3 nitrogen and oxygen atoms in total. The fourth-order valence-electron chi connectivity index (χ4n) is 1.95. The van der Waals surface area contributed by atoms with E-state index in [1.807, 2.05) is 19.9 Å². The minimum Gasteiger partial charge on any atom is -0.324 e. The van der Waals surface area contributed by atoms with Gasteiger partial charge in [-0.15, -0.1) is 0 Å². The van der Waals surface area contributed by atoms with Gasteiger partial charge in [0.1, 0.15) is 11.6 Å². The number of benzene rings is 1. The highest BCUT2D eigenvalue weighted by Gasteiger charge is 2.15. The number of nitrogens with zero attached hydrogens (tertiary/aromatic N) is 2. The molecule has 2 aromatic rings. The number of aromatic nitrogens is 2. The summed E-state index contributed by atoms with van der Waals surface area (Å²) in [5, 5.41) is 0. The van der Waals surface area contributed by atoms with Gasteiger partial charge in [0.25, 0.3) is 0 Å². The maximum Gasteiger partial charge on any atom is 0.147 e. The molecule has 0 unspecified atom stereocenters. The Morgan fingerprint density at radius 1 is 1.47 bits per heavy atom. The molecule has 1 aromatic heterocycles. The first-order valence-electron chi connectivity index (χ1n) is 5.71. The van der Waals surface area contributed by atoms with E-state index >= 15 is 0 Å². The lowest BCUT2D eigenvalue weighted by Gasteiger charge is -2.15. The molecule has 0 aliphatic rings. The molecule has 4 heteroatoms. The summed E-state index contributed by atoms with van der Waals surface area (Å²) in [6.45, 7) is 3.84. The third-order valence-electron chi connectivity index (χ3n) is 2.78. The van der Waals surface area contributed by atoms with Gasteiger partial charge in [0.15, 0.2) is 0 Å². The van der Waals surface area contributed by atoms with E-state index in [1.165, 1.54) is 6.07 Å². The molecule has 1 atom stereocenters. The van der Waals surface area contributed by atoms with Gasteiger partial charge in [0.2, 0.25) is 0 Å². The van der Waals surface area contributed by atoms with E-state index < -0.39 is 0 Å². The quantitative estimate of drug-likeness (QED) is 0.885. The first kappa shape index (κ1) is 11.8.